The minimum Gasteiger partial charge on any atom is -0.368 e. The maximum absolute atomic E-state index is 12.7. The molecule has 5 N–H and O–H groups in total. The van der Waals surface area contributed by atoms with E-state index in [-0.39, 0.29) is 35.4 Å². The Bertz CT molecular complexity index is 808. The number of hydrogen-bond donors (Lipinski definition) is 3. The number of unbranched alkanes of at least 4 members (excludes halogenated alkanes) is 3. The molecule has 1 aliphatic rings. The Labute approximate surface area is 168 Å². The van der Waals surface area contributed by atoms with E-state index in [0.717, 1.165) is 30.6 Å². The molecule has 0 saturated heterocycles. The Morgan fingerprint density at radius 1 is 1.07 bits per heavy atom. The molecule has 0 spiro atoms. The Morgan fingerprint density at radius 3 is 2.41 bits per heavy atom. The average molecular weight is 402 g/mol. The van der Waals surface area contributed by atoms with Gasteiger partial charge in [0.2, 0.25) is 5.91 Å². The summed E-state index contributed by atoms with van der Waals surface area (Å²) in [7, 11) is 0. The van der Waals surface area contributed by atoms with E-state index in [9.17, 15) is 24.0 Å². The number of fused-ring (bicyclic) bond motifs is 1. The first kappa shape index (κ1) is 22.2. The Hall–Kier alpha value is -3.07. The van der Waals surface area contributed by atoms with Crippen LogP contribution in [-0.4, -0.2) is 53.9 Å². The maximum atomic E-state index is 12.7. The van der Waals surface area contributed by atoms with Crippen molar-refractivity contribution in [2.24, 2.45) is 11.5 Å². The van der Waals surface area contributed by atoms with Gasteiger partial charge in [-0.3, -0.25) is 24.1 Å². The highest BCUT2D eigenvalue weighted by Crippen LogP contribution is 2.27. The van der Waals surface area contributed by atoms with Gasteiger partial charge >= 0.3 is 0 Å². The molecule has 0 aliphatic carbocycles. The van der Waals surface area contributed by atoms with Gasteiger partial charge in [0, 0.05) is 18.5 Å². The highest BCUT2D eigenvalue weighted by molar-refractivity contribution is 6.23. The quantitative estimate of drug-likeness (QED) is 0.261. The molecular formula is C20H26N4O5. The molecule has 29 heavy (non-hydrogen) atoms. The lowest BCUT2D eigenvalue weighted by Crippen LogP contribution is -2.47. The van der Waals surface area contributed by atoms with E-state index < -0.39 is 23.8 Å². The molecule has 0 saturated carbocycles. The van der Waals surface area contributed by atoms with Crippen LogP contribution in [0.2, 0.25) is 0 Å². The van der Waals surface area contributed by atoms with Crippen LogP contribution < -0.4 is 16.8 Å². The van der Waals surface area contributed by atoms with Crippen molar-refractivity contribution < 1.29 is 24.0 Å². The molecule has 1 heterocycles. The van der Waals surface area contributed by atoms with E-state index in [1.807, 2.05) is 0 Å². The zero-order valence-electron chi connectivity index (χ0n) is 16.2. The third-order valence-electron chi connectivity index (χ3n) is 4.79. The van der Waals surface area contributed by atoms with Crippen LogP contribution in [0.1, 0.15) is 69.6 Å². The molecule has 0 radical (unpaired) electrons. The summed E-state index contributed by atoms with van der Waals surface area (Å²) in [4.78, 5) is 60.7. The molecule has 0 bridgehead atoms. The molecule has 2 rings (SSSR count). The smallest absolute Gasteiger partial charge is 0.262 e. The van der Waals surface area contributed by atoms with E-state index >= 15 is 0 Å². The van der Waals surface area contributed by atoms with Crippen molar-refractivity contribution in [3.63, 3.8) is 0 Å². The van der Waals surface area contributed by atoms with Crippen molar-refractivity contribution in [2.45, 2.75) is 44.6 Å². The normalized spacial score (nSPS) is 13.9. The number of rotatable bonds is 12. The zero-order valence-corrected chi connectivity index (χ0v) is 16.2. The van der Waals surface area contributed by atoms with Gasteiger partial charge in [0.05, 0.1) is 11.1 Å². The Kier molecular flexibility index (Phi) is 8.02. The first-order chi connectivity index (χ1) is 13.9. The molecule has 1 aromatic carbocycles. The monoisotopic (exact) mass is 402 g/mol. The summed E-state index contributed by atoms with van der Waals surface area (Å²) in [5, 5.41) is 2.78. The lowest BCUT2D eigenvalue weighted by Gasteiger charge is -2.22. The second-order valence-corrected chi connectivity index (χ2v) is 6.86. The number of aldehydes is 1. The van der Waals surface area contributed by atoms with Crippen molar-refractivity contribution in [3.8, 4) is 0 Å². The summed E-state index contributed by atoms with van der Waals surface area (Å²) in [5.74, 6) is -2.57. The van der Waals surface area contributed by atoms with Crippen LogP contribution in [0.25, 0.3) is 0 Å². The zero-order chi connectivity index (χ0) is 21.4. The number of imide groups is 1. The average Bonchev–Trinajstić information content (AvgIpc) is 2.95. The number of nitrogens with zero attached hydrogens (tertiary/aromatic N) is 1. The van der Waals surface area contributed by atoms with Crippen molar-refractivity contribution in [3.05, 3.63) is 34.9 Å². The second-order valence-electron chi connectivity index (χ2n) is 6.86. The van der Waals surface area contributed by atoms with Crippen molar-refractivity contribution in [1.29, 1.82) is 0 Å². The number of nitrogens with two attached hydrogens (primary N) is 2. The topological polar surface area (TPSA) is 153 Å². The SMILES string of the molecule is NCCCCCCNC(=O)c1ccc2c(c1)C(=O)N(C(CCC=O)C(N)=O)C2=O. The predicted molar refractivity (Wildman–Crippen MR) is 105 cm³/mol. The number of carbonyl (C=O) groups excluding carboxylic acids is 5. The van der Waals surface area contributed by atoms with Gasteiger partial charge in [-0.25, -0.2) is 0 Å². The van der Waals surface area contributed by atoms with E-state index in [2.05, 4.69) is 5.32 Å². The molecule has 4 amide bonds. The summed E-state index contributed by atoms with van der Waals surface area (Å²) < 4.78 is 0. The van der Waals surface area contributed by atoms with Crippen molar-refractivity contribution in [1.82, 2.24) is 10.2 Å². The van der Waals surface area contributed by atoms with Crippen LogP contribution in [-0.2, 0) is 9.59 Å². The van der Waals surface area contributed by atoms with Crippen LogP contribution in [0.3, 0.4) is 0 Å². The second kappa shape index (κ2) is 10.5. The third kappa shape index (κ3) is 5.26. The van der Waals surface area contributed by atoms with Crippen LogP contribution in [0, 0.1) is 0 Å². The van der Waals surface area contributed by atoms with E-state index in [0.29, 0.717) is 19.4 Å². The van der Waals surface area contributed by atoms with Crippen LogP contribution in [0.5, 0.6) is 0 Å². The summed E-state index contributed by atoms with van der Waals surface area (Å²) in [5.41, 5.74) is 11.2. The van der Waals surface area contributed by atoms with Gasteiger partial charge in [-0.05, 0) is 44.0 Å². The van der Waals surface area contributed by atoms with Gasteiger partial charge in [0.25, 0.3) is 17.7 Å². The Morgan fingerprint density at radius 2 is 1.76 bits per heavy atom. The fourth-order valence-corrected chi connectivity index (χ4v) is 3.24. The number of benzene rings is 1. The van der Waals surface area contributed by atoms with Gasteiger partial charge in [-0.15, -0.1) is 0 Å². The third-order valence-corrected chi connectivity index (χ3v) is 4.79. The summed E-state index contributed by atoms with van der Waals surface area (Å²) >= 11 is 0. The highest BCUT2D eigenvalue weighted by atomic mass is 16.2. The number of hydrogen-bond acceptors (Lipinski definition) is 6. The molecule has 156 valence electrons. The fourth-order valence-electron chi connectivity index (χ4n) is 3.24. The first-order valence-electron chi connectivity index (χ1n) is 9.65. The molecule has 0 aromatic heterocycles. The van der Waals surface area contributed by atoms with Gasteiger partial charge in [-0.1, -0.05) is 12.8 Å². The number of nitrogens with one attached hydrogen (secondary N) is 1. The van der Waals surface area contributed by atoms with Crippen LogP contribution in [0.15, 0.2) is 18.2 Å². The van der Waals surface area contributed by atoms with Crippen LogP contribution in [0.4, 0.5) is 0 Å². The van der Waals surface area contributed by atoms with Gasteiger partial charge in [0.15, 0.2) is 0 Å². The lowest BCUT2D eigenvalue weighted by molar-refractivity contribution is -0.122. The van der Waals surface area contributed by atoms with Crippen molar-refractivity contribution >= 4 is 29.9 Å². The highest BCUT2D eigenvalue weighted by Gasteiger charge is 2.42. The molecule has 1 aliphatic heterocycles. The summed E-state index contributed by atoms with van der Waals surface area (Å²) in [6.45, 7) is 1.14. The maximum Gasteiger partial charge on any atom is 0.262 e. The summed E-state index contributed by atoms with van der Waals surface area (Å²) in [6, 6.07) is 2.99. The fraction of sp³-hybridized carbons (Fsp3) is 0.450. The number of primary amides is 1. The largest absolute Gasteiger partial charge is 0.368 e. The minimum absolute atomic E-state index is 0.0139. The molecule has 1 unspecified atom stereocenters. The van der Waals surface area contributed by atoms with Gasteiger partial charge in [0.1, 0.15) is 12.3 Å². The molecule has 9 nitrogen and oxygen atoms in total. The molecule has 1 atom stereocenters. The van der Waals surface area contributed by atoms with E-state index in [4.69, 9.17) is 11.5 Å². The predicted octanol–water partition coefficient (Wildman–Crippen LogP) is 0.365. The summed E-state index contributed by atoms with van der Waals surface area (Å²) in [6.07, 6.45) is 4.26. The lowest BCUT2D eigenvalue weighted by atomic mass is 10.1. The Balaban J connectivity index is 2.09. The van der Waals surface area contributed by atoms with Crippen molar-refractivity contribution in [2.75, 3.05) is 13.1 Å². The van der Waals surface area contributed by atoms with Gasteiger partial charge < -0.3 is 21.6 Å². The van der Waals surface area contributed by atoms with Gasteiger partial charge in [-0.2, -0.15) is 0 Å². The van der Waals surface area contributed by atoms with Crippen LogP contribution >= 0.6 is 0 Å². The minimum atomic E-state index is -1.21. The standard InChI is InChI=1S/C20H26N4O5/c21-9-3-1-2-4-10-23-18(27)13-7-8-14-15(12-13)20(29)24(19(14)28)16(17(22)26)6-5-11-25/h7-8,11-12,16H,1-6,9-10,21H2,(H2,22,26)(H,23,27). The molecule has 1 aromatic rings. The molecule has 0 fully saturated rings. The first-order valence-corrected chi connectivity index (χ1v) is 9.65. The number of carbonyl (C=O) groups is 5. The molecule has 9 heteroatoms. The number of amides is 4. The molecular weight excluding hydrogens is 376 g/mol. The van der Waals surface area contributed by atoms with E-state index in [1.54, 1.807) is 0 Å². The van der Waals surface area contributed by atoms with E-state index in [1.165, 1.54) is 18.2 Å².